The molecule has 0 spiro atoms. The van der Waals surface area contributed by atoms with Crippen molar-refractivity contribution < 1.29 is 5.11 Å². The maximum absolute atomic E-state index is 8.98. The van der Waals surface area contributed by atoms with Crippen LogP contribution in [0.15, 0.2) is 11.1 Å². The second-order valence-electron chi connectivity index (χ2n) is 5.09. The van der Waals surface area contributed by atoms with Crippen LogP contribution < -0.4 is 5.32 Å². The summed E-state index contributed by atoms with van der Waals surface area (Å²) in [5.74, 6) is 2.49. The van der Waals surface area contributed by atoms with Gasteiger partial charge in [-0.05, 0) is 25.7 Å². The number of nitrogens with one attached hydrogen (secondary N) is 1. The van der Waals surface area contributed by atoms with Gasteiger partial charge in [0.2, 0.25) is 0 Å². The number of nitrogens with zero attached hydrogens (tertiary/aromatic N) is 2. The fraction of sp³-hybridized carbons (Fsp3) is 0.714. The number of hydrogen-bond donors (Lipinski definition) is 2. The van der Waals surface area contributed by atoms with Gasteiger partial charge in [-0.2, -0.15) is 0 Å². The van der Waals surface area contributed by atoms with Gasteiger partial charge in [0.05, 0.1) is 0 Å². The minimum Gasteiger partial charge on any atom is -0.396 e. The predicted octanol–water partition coefficient (Wildman–Crippen LogP) is 3.04. The summed E-state index contributed by atoms with van der Waals surface area (Å²) in [5.41, 5.74) is 0. The Morgan fingerprint density at radius 3 is 2.89 bits per heavy atom. The number of anilines is 1. The first-order chi connectivity index (χ1) is 9.22. The largest absolute Gasteiger partial charge is 0.396 e. The summed E-state index contributed by atoms with van der Waals surface area (Å²) in [6, 6.07) is 2.03. The van der Waals surface area contributed by atoms with E-state index in [2.05, 4.69) is 29.1 Å². The van der Waals surface area contributed by atoms with Crippen molar-refractivity contribution in [1.29, 1.82) is 0 Å². The monoisotopic (exact) mass is 281 g/mol. The number of thioether (sulfide) groups is 1. The smallest absolute Gasteiger partial charge is 0.135 e. The lowest BCUT2D eigenvalue weighted by Gasteiger charge is -2.12. The average Bonchev–Trinajstić information content (AvgIpc) is 3.20. The van der Waals surface area contributed by atoms with Gasteiger partial charge in [-0.3, -0.25) is 0 Å². The standard InChI is InChI=1S/C14H23N3OS/c1-3-7-15-12-9-13(19-10(2)6-8-18)17-14(16-12)11-4-5-11/h9-11,18H,3-8H2,1-2H3,(H,15,16,17). The second-order valence-corrected chi connectivity index (χ2v) is 6.55. The molecule has 2 rings (SSSR count). The molecule has 1 fully saturated rings. The predicted molar refractivity (Wildman–Crippen MR) is 79.8 cm³/mol. The van der Waals surface area contributed by atoms with Crippen LogP contribution in [0.2, 0.25) is 0 Å². The molecule has 0 amide bonds. The van der Waals surface area contributed by atoms with E-state index in [4.69, 9.17) is 5.11 Å². The van der Waals surface area contributed by atoms with E-state index >= 15 is 0 Å². The van der Waals surface area contributed by atoms with Gasteiger partial charge in [-0.15, -0.1) is 11.8 Å². The number of aliphatic hydroxyl groups is 1. The van der Waals surface area contributed by atoms with Crippen molar-refractivity contribution in [3.8, 4) is 0 Å². The van der Waals surface area contributed by atoms with Crippen molar-refractivity contribution in [2.24, 2.45) is 0 Å². The van der Waals surface area contributed by atoms with Gasteiger partial charge in [0, 0.05) is 30.4 Å². The zero-order valence-corrected chi connectivity index (χ0v) is 12.5. The molecule has 0 aliphatic heterocycles. The van der Waals surface area contributed by atoms with Gasteiger partial charge in [-0.1, -0.05) is 13.8 Å². The molecule has 1 aromatic heterocycles. The highest BCUT2D eigenvalue weighted by atomic mass is 32.2. The number of aliphatic hydroxyl groups excluding tert-OH is 1. The van der Waals surface area contributed by atoms with Gasteiger partial charge in [0.15, 0.2) is 0 Å². The van der Waals surface area contributed by atoms with Crippen LogP contribution in [-0.4, -0.2) is 33.5 Å². The maximum atomic E-state index is 8.98. The fourth-order valence-electron chi connectivity index (χ4n) is 1.82. The Balaban J connectivity index is 2.09. The van der Waals surface area contributed by atoms with Gasteiger partial charge in [0.1, 0.15) is 16.7 Å². The van der Waals surface area contributed by atoms with Gasteiger partial charge in [0.25, 0.3) is 0 Å². The van der Waals surface area contributed by atoms with E-state index in [-0.39, 0.29) is 6.61 Å². The summed E-state index contributed by atoms with van der Waals surface area (Å²) >= 11 is 1.72. The first-order valence-electron chi connectivity index (χ1n) is 7.13. The van der Waals surface area contributed by atoms with Crippen molar-refractivity contribution in [3.05, 3.63) is 11.9 Å². The second kappa shape index (κ2) is 7.10. The normalized spacial score (nSPS) is 16.4. The molecule has 19 heavy (non-hydrogen) atoms. The Morgan fingerprint density at radius 2 is 2.26 bits per heavy atom. The molecule has 0 aromatic carbocycles. The molecule has 1 heterocycles. The molecule has 1 atom stereocenters. The minimum absolute atomic E-state index is 0.232. The van der Waals surface area contributed by atoms with Crippen molar-refractivity contribution in [2.75, 3.05) is 18.5 Å². The Morgan fingerprint density at radius 1 is 1.47 bits per heavy atom. The molecule has 0 saturated heterocycles. The Bertz CT molecular complexity index is 410. The fourth-order valence-corrected chi connectivity index (χ4v) is 2.78. The van der Waals surface area contributed by atoms with Crippen molar-refractivity contribution in [2.45, 2.75) is 55.7 Å². The molecule has 4 nitrogen and oxygen atoms in total. The van der Waals surface area contributed by atoms with Gasteiger partial charge in [-0.25, -0.2) is 9.97 Å². The van der Waals surface area contributed by atoms with E-state index < -0.39 is 0 Å². The highest BCUT2D eigenvalue weighted by Gasteiger charge is 2.27. The molecule has 0 radical (unpaired) electrons. The van der Waals surface area contributed by atoms with Gasteiger partial charge >= 0.3 is 0 Å². The number of rotatable bonds is 8. The summed E-state index contributed by atoms with van der Waals surface area (Å²) in [6.45, 7) is 5.45. The Kier molecular flexibility index (Phi) is 5.45. The zero-order chi connectivity index (χ0) is 13.7. The van der Waals surface area contributed by atoms with E-state index in [0.29, 0.717) is 11.2 Å². The summed E-state index contributed by atoms with van der Waals surface area (Å²) in [4.78, 5) is 9.26. The average molecular weight is 281 g/mol. The first-order valence-corrected chi connectivity index (χ1v) is 8.01. The van der Waals surface area contributed by atoms with E-state index in [1.54, 1.807) is 11.8 Å². The number of hydrogen-bond acceptors (Lipinski definition) is 5. The third-order valence-electron chi connectivity index (χ3n) is 3.08. The zero-order valence-electron chi connectivity index (χ0n) is 11.7. The quantitative estimate of drug-likeness (QED) is 0.566. The molecule has 1 saturated carbocycles. The molecular weight excluding hydrogens is 258 g/mol. The van der Waals surface area contributed by atoms with Gasteiger partial charge < -0.3 is 10.4 Å². The molecule has 5 heteroatoms. The third-order valence-corrected chi connectivity index (χ3v) is 4.16. The molecule has 1 unspecified atom stereocenters. The molecule has 1 aliphatic carbocycles. The molecule has 0 bridgehead atoms. The molecule has 1 aromatic rings. The topological polar surface area (TPSA) is 58.0 Å². The van der Waals surface area contributed by atoms with Crippen molar-refractivity contribution in [1.82, 2.24) is 9.97 Å². The SMILES string of the molecule is CCCNc1cc(SC(C)CCO)nc(C2CC2)n1. The Hall–Kier alpha value is -0.810. The number of aromatic nitrogens is 2. The first kappa shape index (κ1) is 14.6. The van der Waals surface area contributed by atoms with Crippen LogP contribution in [0, 0.1) is 0 Å². The summed E-state index contributed by atoms with van der Waals surface area (Å²) in [5, 5.41) is 13.7. The molecular formula is C14H23N3OS. The van der Waals surface area contributed by atoms with E-state index in [9.17, 15) is 0 Å². The molecule has 1 aliphatic rings. The summed E-state index contributed by atoms with van der Waals surface area (Å²) in [7, 11) is 0. The van der Waals surface area contributed by atoms with Crippen molar-refractivity contribution in [3.63, 3.8) is 0 Å². The van der Waals surface area contributed by atoms with Crippen molar-refractivity contribution >= 4 is 17.6 Å². The van der Waals surface area contributed by atoms with Crippen LogP contribution in [0.1, 0.15) is 51.3 Å². The lowest BCUT2D eigenvalue weighted by Crippen LogP contribution is -2.07. The Labute approximate surface area is 119 Å². The summed E-state index contributed by atoms with van der Waals surface area (Å²) < 4.78 is 0. The minimum atomic E-state index is 0.232. The molecule has 106 valence electrons. The maximum Gasteiger partial charge on any atom is 0.135 e. The molecule has 2 N–H and O–H groups in total. The lowest BCUT2D eigenvalue weighted by molar-refractivity contribution is 0.289. The van der Waals surface area contributed by atoms with Crippen LogP contribution in [0.4, 0.5) is 5.82 Å². The highest BCUT2D eigenvalue weighted by molar-refractivity contribution is 7.99. The van der Waals surface area contributed by atoms with Crippen LogP contribution in [0.3, 0.4) is 0 Å². The van der Waals surface area contributed by atoms with E-state index in [1.165, 1.54) is 12.8 Å². The lowest BCUT2D eigenvalue weighted by atomic mass is 10.3. The third kappa shape index (κ3) is 4.66. The van der Waals surface area contributed by atoms with Crippen LogP contribution in [0.5, 0.6) is 0 Å². The van der Waals surface area contributed by atoms with E-state index in [0.717, 1.165) is 36.1 Å². The van der Waals surface area contributed by atoms with Crippen LogP contribution >= 0.6 is 11.8 Å². The highest BCUT2D eigenvalue weighted by Crippen LogP contribution is 2.39. The van der Waals surface area contributed by atoms with Crippen LogP contribution in [-0.2, 0) is 0 Å². The van der Waals surface area contributed by atoms with Crippen LogP contribution in [0.25, 0.3) is 0 Å². The van der Waals surface area contributed by atoms with E-state index in [1.807, 2.05) is 6.07 Å². The summed E-state index contributed by atoms with van der Waals surface area (Å²) in [6.07, 6.45) is 4.32.